The van der Waals surface area contributed by atoms with Gasteiger partial charge in [0.05, 0.1) is 24.7 Å². The number of quaternary nitrogens is 1. The van der Waals surface area contributed by atoms with E-state index in [0.717, 1.165) is 23.8 Å². The van der Waals surface area contributed by atoms with Gasteiger partial charge in [-0.15, -0.1) is 0 Å². The fraction of sp³-hybridized carbons (Fsp3) is 1.00. The van der Waals surface area contributed by atoms with Crippen molar-refractivity contribution in [3.63, 3.8) is 0 Å². The molecule has 1 nitrogen and oxygen atoms in total. The summed E-state index contributed by atoms with van der Waals surface area (Å²) in [6.45, 7) is 18.2. The molecule has 0 amide bonds. The summed E-state index contributed by atoms with van der Waals surface area (Å²) in [7, 11) is 0. The molecule has 1 aliphatic heterocycles. The summed E-state index contributed by atoms with van der Waals surface area (Å²) < 4.78 is 1.48. The van der Waals surface area contributed by atoms with Gasteiger partial charge in [-0.2, -0.15) is 0 Å². The zero-order chi connectivity index (χ0) is 18.3. The third-order valence-corrected chi connectivity index (χ3v) is 9.07. The summed E-state index contributed by atoms with van der Waals surface area (Å²) in [5.74, 6) is 2.87. The van der Waals surface area contributed by atoms with Crippen LogP contribution in [-0.4, -0.2) is 29.2 Å². The molecule has 3 aliphatic rings. The highest BCUT2D eigenvalue weighted by Gasteiger charge is 2.58. The van der Waals surface area contributed by atoms with Crippen LogP contribution in [0.2, 0.25) is 0 Å². The van der Waals surface area contributed by atoms with Crippen LogP contribution in [0, 0.1) is 23.2 Å². The maximum Gasteiger partial charge on any atom is 0.0966 e. The van der Waals surface area contributed by atoms with Crippen LogP contribution in [0.3, 0.4) is 0 Å². The summed E-state index contributed by atoms with van der Waals surface area (Å²) in [6.07, 6.45) is 14.7. The van der Waals surface area contributed by atoms with Gasteiger partial charge in [-0.1, -0.05) is 34.1 Å². The average Bonchev–Trinajstić information content (AvgIpc) is 2.51. The Hall–Kier alpha value is -0.0400. The van der Waals surface area contributed by atoms with Gasteiger partial charge in [0, 0.05) is 31.1 Å². The first-order valence-electron chi connectivity index (χ1n) is 11.6. The van der Waals surface area contributed by atoms with E-state index in [1.807, 2.05) is 0 Å². The number of nitrogens with zero attached hydrogens (tertiary/aromatic N) is 1. The monoisotopic (exact) mass is 348 g/mol. The molecule has 0 radical (unpaired) electrons. The predicted molar refractivity (Wildman–Crippen MR) is 110 cm³/mol. The van der Waals surface area contributed by atoms with Crippen LogP contribution in [0.25, 0.3) is 0 Å². The lowest BCUT2D eigenvalue weighted by atomic mass is 9.65. The van der Waals surface area contributed by atoms with E-state index >= 15 is 0 Å². The van der Waals surface area contributed by atoms with Crippen molar-refractivity contribution in [2.75, 3.05) is 13.1 Å². The van der Waals surface area contributed by atoms with Crippen molar-refractivity contribution in [2.24, 2.45) is 23.2 Å². The van der Waals surface area contributed by atoms with Crippen molar-refractivity contribution in [3.05, 3.63) is 0 Å². The summed E-state index contributed by atoms with van der Waals surface area (Å²) in [5, 5.41) is 0. The standard InChI is InChI=1S/C24H46N/c1-7-20-17-19(3)18-23(4,5)15-16-25(8-2,24(6)13-10-14-24)22(20)21-11-9-12-21/h19-22H,7-18H2,1-6H3/q+1. The van der Waals surface area contributed by atoms with Gasteiger partial charge < -0.3 is 4.48 Å². The summed E-state index contributed by atoms with van der Waals surface area (Å²) in [6, 6.07) is 0.949. The molecule has 0 aromatic carbocycles. The van der Waals surface area contributed by atoms with Gasteiger partial charge in [0.25, 0.3) is 0 Å². The van der Waals surface area contributed by atoms with Crippen molar-refractivity contribution >= 4 is 0 Å². The quantitative estimate of drug-likeness (QED) is 0.490. The van der Waals surface area contributed by atoms with Crippen LogP contribution in [0.4, 0.5) is 0 Å². The topological polar surface area (TPSA) is 0 Å². The lowest BCUT2D eigenvalue weighted by Gasteiger charge is -2.64. The van der Waals surface area contributed by atoms with E-state index in [4.69, 9.17) is 0 Å². The first kappa shape index (κ1) is 19.7. The Labute approximate surface area is 158 Å². The molecule has 25 heavy (non-hydrogen) atoms. The maximum atomic E-state index is 2.67. The Balaban J connectivity index is 2.04. The van der Waals surface area contributed by atoms with E-state index in [1.165, 1.54) is 81.8 Å². The molecule has 0 spiro atoms. The highest BCUT2D eigenvalue weighted by Crippen LogP contribution is 2.53. The normalized spacial score (nSPS) is 41.8. The van der Waals surface area contributed by atoms with E-state index in [0.29, 0.717) is 11.0 Å². The smallest absolute Gasteiger partial charge is 0.0966 e. The van der Waals surface area contributed by atoms with Crippen LogP contribution >= 0.6 is 0 Å². The summed E-state index contributed by atoms with van der Waals surface area (Å²) in [5.41, 5.74) is 1.09. The molecule has 4 atom stereocenters. The maximum absolute atomic E-state index is 2.67. The minimum Gasteiger partial charge on any atom is -0.316 e. The van der Waals surface area contributed by atoms with Gasteiger partial charge in [0.2, 0.25) is 0 Å². The van der Waals surface area contributed by atoms with E-state index in [9.17, 15) is 0 Å². The van der Waals surface area contributed by atoms with Crippen LogP contribution in [-0.2, 0) is 0 Å². The number of hydrogen-bond acceptors (Lipinski definition) is 0. The average molecular weight is 349 g/mol. The Kier molecular flexibility index (Phi) is 5.66. The lowest BCUT2D eigenvalue weighted by Crippen LogP contribution is -2.74. The minimum absolute atomic E-state index is 0.519. The SMILES string of the molecule is CCC1CC(C)CC(C)(C)CC[N+](CC)(C2(C)CCC2)C1C1CCC1. The molecular formula is C24H46N+. The molecule has 0 bridgehead atoms. The van der Waals surface area contributed by atoms with Crippen molar-refractivity contribution in [1.82, 2.24) is 0 Å². The fourth-order valence-corrected chi connectivity index (χ4v) is 7.33. The second kappa shape index (κ2) is 7.17. The fourth-order valence-electron chi connectivity index (χ4n) is 7.33. The van der Waals surface area contributed by atoms with Gasteiger partial charge >= 0.3 is 0 Å². The molecule has 0 N–H and O–H groups in total. The molecular weight excluding hydrogens is 302 g/mol. The second-order valence-corrected chi connectivity index (χ2v) is 11.2. The lowest BCUT2D eigenvalue weighted by molar-refractivity contribution is -1.01. The van der Waals surface area contributed by atoms with Crippen LogP contribution < -0.4 is 0 Å². The van der Waals surface area contributed by atoms with Gasteiger partial charge in [0.1, 0.15) is 0 Å². The first-order chi connectivity index (χ1) is 11.8. The Morgan fingerprint density at radius 1 is 0.960 bits per heavy atom. The third-order valence-electron chi connectivity index (χ3n) is 9.07. The van der Waals surface area contributed by atoms with Crippen LogP contribution in [0.15, 0.2) is 0 Å². The molecule has 146 valence electrons. The molecule has 3 rings (SSSR count). The predicted octanol–water partition coefficient (Wildman–Crippen LogP) is 6.81. The molecule has 0 aromatic rings. The van der Waals surface area contributed by atoms with Crippen LogP contribution in [0.1, 0.15) is 106 Å². The molecule has 1 heteroatoms. The molecule has 1 heterocycles. The van der Waals surface area contributed by atoms with Gasteiger partial charge in [-0.25, -0.2) is 0 Å². The number of rotatable bonds is 4. The molecule has 2 aliphatic carbocycles. The minimum atomic E-state index is 0.519. The van der Waals surface area contributed by atoms with Gasteiger partial charge in [-0.3, -0.25) is 0 Å². The van der Waals surface area contributed by atoms with Crippen molar-refractivity contribution in [3.8, 4) is 0 Å². The van der Waals surface area contributed by atoms with Gasteiger partial charge in [0.15, 0.2) is 0 Å². The van der Waals surface area contributed by atoms with Crippen LogP contribution in [0.5, 0.6) is 0 Å². The molecule has 3 fully saturated rings. The highest BCUT2D eigenvalue weighted by atomic mass is 15.4. The Morgan fingerprint density at radius 2 is 1.64 bits per heavy atom. The zero-order valence-electron chi connectivity index (χ0n) is 18.2. The summed E-state index contributed by atoms with van der Waals surface area (Å²) >= 11 is 0. The van der Waals surface area contributed by atoms with Gasteiger partial charge in [-0.05, 0) is 63.7 Å². The largest absolute Gasteiger partial charge is 0.316 e. The van der Waals surface area contributed by atoms with E-state index in [2.05, 4.69) is 41.5 Å². The molecule has 1 saturated heterocycles. The summed E-state index contributed by atoms with van der Waals surface area (Å²) in [4.78, 5) is 0. The van der Waals surface area contributed by atoms with E-state index < -0.39 is 0 Å². The zero-order valence-corrected chi connectivity index (χ0v) is 18.2. The van der Waals surface area contributed by atoms with E-state index in [1.54, 1.807) is 0 Å². The molecule has 2 saturated carbocycles. The number of hydrogen-bond donors (Lipinski definition) is 0. The van der Waals surface area contributed by atoms with Crippen molar-refractivity contribution < 1.29 is 4.48 Å². The third kappa shape index (κ3) is 3.44. The second-order valence-electron chi connectivity index (χ2n) is 11.2. The Bertz CT molecular complexity index is 445. The molecule has 4 unspecified atom stereocenters. The highest BCUT2D eigenvalue weighted by molar-refractivity contribution is 4.94. The van der Waals surface area contributed by atoms with Crippen molar-refractivity contribution in [1.29, 1.82) is 0 Å². The first-order valence-corrected chi connectivity index (χ1v) is 11.6. The molecule has 0 aromatic heterocycles. The van der Waals surface area contributed by atoms with E-state index in [-0.39, 0.29) is 0 Å². The Morgan fingerprint density at radius 3 is 2.08 bits per heavy atom. The van der Waals surface area contributed by atoms with Crippen molar-refractivity contribution in [2.45, 2.75) is 117 Å².